The van der Waals surface area contributed by atoms with Gasteiger partial charge >= 0.3 is 11.9 Å². The van der Waals surface area contributed by atoms with E-state index in [0.717, 1.165) is 10.0 Å². The summed E-state index contributed by atoms with van der Waals surface area (Å²) in [6.07, 6.45) is -0.0948. The van der Waals surface area contributed by atoms with Gasteiger partial charge in [-0.15, -0.1) is 0 Å². The van der Waals surface area contributed by atoms with E-state index in [2.05, 4.69) is 15.9 Å². The van der Waals surface area contributed by atoms with Gasteiger partial charge in [-0.2, -0.15) is 0 Å². The van der Waals surface area contributed by atoms with E-state index in [9.17, 15) is 14.4 Å². The molecule has 29 heavy (non-hydrogen) atoms. The van der Waals surface area contributed by atoms with Gasteiger partial charge < -0.3 is 14.4 Å². The van der Waals surface area contributed by atoms with Crippen LogP contribution in [0.1, 0.15) is 36.2 Å². The number of rotatable bonds is 6. The summed E-state index contributed by atoms with van der Waals surface area (Å²) in [6.45, 7) is 3.99. The molecule has 0 radical (unpaired) electrons. The Hall–Kier alpha value is -2.67. The molecule has 1 atom stereocenters. The minimum absolute atomic E-state index is 0.107. The van der Waals surface area contributed by atoms with E-state index in [0.29, 0.717) is 11.3 Å². The van der Waals surface area contributed by atoms with Crippen molar-refractivity contribution in [2.75, 3.05) is 11.4 Å². The zero-order chi connectivity index (χ0) is 21.0. The number of anilines is 1. The van der Waals surface area contributed by atoms with Crippen LogP contribution in [0.4, 0.5) is 5.69 Å². The Morgan fingerprint density at radius 3 is 2.38 bits per heavy atom. The molecular weight excluding hydrogens is 438 g/mol. The molecule has 6 nitrogen and oxygen atoms in total. The average Bonchev–Trinajstić information content (AvgIpc) is 3.08. The van der Waals surface area contributed by atoms with Crippen LogP contribution < -0.4 is 4.90 Å². The summed E-state index contributed by atoms with van der Waals surface area (Å²) in [6, 6.07) is 14.1. The number of benzene rings is 2. The second kappa shape index (κ2) is 9.22. The molecule has 0 bridgehead atoms. The highest BCUT2D eigenvalue weighted by atomic mass is 79.9. The lowest BCUT2D eigenvalue weighted by molar-refractivity contribution is -0.149. The molecule has 1 aliphatic heterocycles. The Kier molecular flexibility index (Phi) is 6.69. The third kappa shape index (κ3) is 5.44. The lowest BCUT2D eigenvalue weighted by Crippen LogP contribution is -2.26. The standard InChI is InChI=1S/C22H22BrNO5/c1-14(2)29-22(27)16-5-9-19(10-6-16)24-12-17(11-20(24)25)21(26)28-13-15-3-7-18(23)8-4-15/h3-10,14,17H,11-13H2,1-2H3/t17-/m1/s1. The van der Waals surface area contributed by atoms with Crippen LogP contribution in [0.2, 0.25) is 0 Å². The number of carbonyl (C=O) groups is 3. The van der Waals surface area contributed by atoms with Gasteiger partial charge in [0.25, 0.3) is 0 Å². The van der Waals surface area contributed by atoms with Crippen LogP contribution in [0.3, 0.4) is 0 Å². The topological polar surface area (TPSA) is 72.9 Å². The lowest BCUT2D eigenvalue weighted by atomic mass is 10.1. The third-order valence-corrected chi connectivity index (χ3v) is 5.04. The summed E-state index contributed by atoms with van der Waals surface area (Å²) in [7, 11) is 0. The van der Waals surface area contributed by atoms with Gasteiger partial charge in [-0.3, -0.25) is 9.59 Å². The fourth-order valence-electron chi connectivity index (χ4n) is 3.03. The lowest BCUT2D eigenvalue weighted by Gasteiger charge is -2.17. The predicted octanol–water partition coefficient (Wildman–Crippen LogP) is 4.11. The van der Waals surface area contributed by atoms with E-state index in [1.54, 1.807) is 43.0 Å². The maximum atomic E-state index is 12.4. The van der Waals surface area contributed by atoms with Crippen LogP contribution in [-0.2, 0) is 25.7 Å². The first-order chi connectivity index (χ1) is 13.8. The molecule has 3 rings (SSSR count). The zero-order valence-corrected chi connectivity index (χ0v) is 17.8. The van der Waals surface area contributed by atoms with Gasteiger partial charge in [0, 0.05) is 23.1 Å². The maximum absolute atomic E-state index is 12.4. The SMILES string of the molecule is CC(C)OC(=O)c1ccc(N2C[C@H](C(=O)OCc3ccc(Br)cc3)CC2=O)cc1. The normalized spacial score (nSPS) is 16.2. The molecule has 1 amide bonds. The van der Waals surface area contributed by atoms with Crippen LogP contribution in [0, 0.1) is 5.92 Å². The molecule has 1 fully saturated rings. The minimum atomic E-state index is -0.511. The molecular formula is C22H22BrNO5. The number of amides is 1. The van der Waals surface area contributed by atoms with Gasteiger partial charge in [0.1, 0.15) is 6.61 Å². The van der Waals surface area contributed by atoms with E-state index in [1.807, 2.05) is 24.3 Å². The number of ether oxygens (including phenoxy) is 2. The van der Waals surface area contributed by atoms with Gasteiger partial charge in [-0.25, -0.2) is 4.79 Å². The molecule has 2 aromatic rings. The number of hydrogen-bond acceptors (Lipinski definition) is 5. The Balaban J connectivity index is 1.58. The number of carbonyl (C=O) groups excluding carboxylic acids is 3. The van der Waals surface area contributed by atoms with Gasteiger partial charge in [0.15, 0.2) is 0 Å². The number of esters is 2. The Morgan fingerprint density at radius 2 is 1.76 bits per heavy atom. The molecule has 0 aliphatic carbocycles. The molecule has 0 saturated carbocycles. The third-order valence-electron chi connectivity index (χ3n) is 4.51. The minimum Gasteiger partial charge on any atom is -0.461 e. The molecule has 7 heteroatoms. The van der Waals surface area contributed by atoms with Crippen LogP contribution in [0.15, 0.2) is 53.0 Å². The van der Waals surface area contributed by atoms with E-state index in [4.69, 9.17) is 9.47 Å². The van der Waals surface area contributed by atoms with Gasteiger partial charge in [-0.1, -0.05) is 28.1 Å². The largest absolute Gasteiger partial charge is 0.461 e. The maximum Gasteiger partial charge on any atom is 0.338 e. The molecule has 1 aliphatic rings. The second-order valence-electron chi connectivity index (χ2n) is 7.14. The van der Waals surface area contributed by atoms with E-state index < -0.39 is 11.9 Å². The molecule has 0 unspecified atom stereocenters. The molecule has 0 N–H and O–H groups in total. The van der Waals surface area contributed by atoms with E-state index in [1.165, 1.54) is 0 Å². The monoisotopic (exact) mass is 459 g/mol. The van der Waals surface area contributed by atoms with Crippen molar-refractivity contribution in [2.24, 2.45) is 5.92 Å². The van der Waals surface area contributed by atoms with Crippen LogP contribution in [0.25, 0.3) is 0 Å². The Bertz CT molecular complexity index is 892. The molecule has 0 spiro atoms. The first-order valence-corrected chi connectivity index (χ1v) is 10.2. The van der Waals surface area contributed by atoms with Crippen molar-refractivity contribution in [2.45, 2.75) is 33.0 Å². The first kappa shape index (κ1) is 21.0. The molecule has 1 saturated heterocycles. The van der Waals surface area contributed by atoms with Crippen LogP contribution >= 0.6 is 15.9 Å². The summed E-state index contributed by atoms with van der Waals surface area (Å²) in [4.78, 5) is 38.2. The molecule has 1 heterocycles. The van der Waals surface area contributed by atoms with Crippen molar-refractivity contribution in [3.63, 3.8) is 0 Å². The quantitative estimate of drug-likeness (QED) is 0.607. The van der Waals surface area contributed by atoms with Gasteiger partial charge in [-0.05, 0) is 55.8 Å². The highest BCUT2D eigenvalue weighted by Gasteiger charge is 2.36. The number of hydrogen-bond donors (Lipinski definition) is 0. The van der Waals surface area contributed by atoms with E-state index >= 15 is 0 Å². The van der Waals surface area contributed by atoms with Crippen molar-refractivity contribution in [1.29, 1.82) is 0 Å². The van der Waals surface area contributed by atoms with Crippen molar-refractivity contribution in [3.05, 3.63) is 64.1 Å². The van der Waals surface area contributed by atoms with Crippen molar-refractivity contribution < 1.29 is 23.9 Å². The number of halogens is 1. The van der Waals surface area contributed by atoms with Gasteiger partial charge in [0.05, 0.1) is 17.6 Å². The summed E-state index contributed by atoms with van der Waals surface area (Å²) >= 11 is 3.36. The highest BCUT2D eigenvalue weighted by molar-refractivity contribution is 9.10. The first-order valence-electron chi connectivity index (χ1n) is 9.36. The molecule has 2 aromatic carbocycles. The summed E-state index contributed by atoms with van der Waals surface area (Å²) in [5, 5.41) is 0. The van der Waals surface area contributed by atoms with Crippen molar-refractivity contribution >= 4 is 39.5 Å². The van der Waals surface area contributed by atoms with Crippen molar-refractivity contribution in [3.8, 4) is 0 Å². The zero-order valence-electron chi connectivity index (χ0n) is 16.3. The average molecular weight is 460 g/mol. The molecule has 152 valence electrons. The van der Waals surface area contributed by atoms with Crippen molar-refractivity contribution in [1.82, 2.24) is 0 Å². The second-order valence-corrected chi connectivity index (χ2v) is 8.06. The summed E-state index contributed by atoms with van der Waals surface area (Å²) in [5.74, 6) is -1.45. The van der Waals surface area contributed by atoms with E-state index in [-0.39, 0.29) is 37.6 Å². The fraction of sp³-hybridized carbons (Fsp3) is 0.318. The predicted molar refractivity (Wildman–Crippen MR) is 111 cm³/mol. The smallest absolute Gasteiger partial charge is 0.338 e. The van der Waals surface area contributed by atoms with Gasteiger partial charge in [0.2, 0.25) is 5.91 Å². The highest BCUT2D eigenvalue weighted by Crippen LogP contribution is 2.26. The Morgan fingerprint density at radius 1 is 1.10 bits per heavy atom. The van der Waals surface area contributed by atoms with Crippen LogP contribution in [0.5, 0.6) is 0 Å². The molecule has 0 aromatic heterocycles. The summed E-state index contributed by atoms with van der Waals surface area (Å²) < 4.78 is 11.5. The van der Waals surface area contributed by atoms with Crippen LogP contribution in [-0.4, -0.2) is 30.5 Å². The number of nitrogens with zero attached hydrogens (tertiary/aromatic N) is 1. The summed E-state index contributed by atoms with van der Waals surface area (Å²) in [5.41, 5.74) is 1.94. The fourth-order valence-corrected chi connectivity index (χ4v) is 3.29. The Labute approximate surface area is 177 Å².